The van der Waals surface area contributed by atoms with Gasteiger partial charge in [0.2, 0.25) is 0 Å². The van der Waals surface area contributed by atoms with Crippen molar-refractivity contribution in [2.24, 2.45) is 7.05 Å². The second-order valence-corrected chi connectivity index (χ2v) is 5.89. The van der Waals surface area contributed by atoms with Crippen molar-refractivity contribution < 1.29 is 0 Å². The summed E-state index contributed by atoms with van der Waals surface area (Å²) in [6.07, 6.45) is 10.4. The Labute approximate surface area is 118 Å². The van der Waals surface area contributed by atoms with Crippen LogP contribution in [0.4, 0.5) is 5.82 Å². The minimum Gasteiger partial charge on any atom is -0.384 e. The third-order valence-electron chi connectivity index (χ3n) is 3.78. The number of unbranched alkanes of at least 4 members (excludes halogenated alkanes) is 6. The fraction of sp³-hybridized carbons (Fsp3) is 0.812. The summed E-state index contributed by atoms with van der Waals surface area (Å²) >= 11 is 0. The Morgan fingerprint density at radius 3 is 2.16 bits per heavy atom. The molecule has 0 aliphatic heterocycles. The molecule has 0 aromatic carbocycles. The molecule has 0 aliphatic rings. The molecule has 0 saturated carbocycles. The summed E-state index contributed by atoms with van der Waals surface area (Å²) in [7, 11) is 2.02. The Bertz CT molecular complexity index is 366. The molecule has 2 N–H and O–H groups in total. The molecule has 1 heterocycles. The van der Waals surface area contributed by atoms with Crippen LogP contribution in [0.3, 0.4) is 0 Å². The van der Waals surface area contributed by atoms with E-state index in [1.165, 1.54) is 44.9 Å². The van der Waals surface area contributed by atoms with Crippen LogP contribution in [0.25, 0.3) is 0 Å². The fourth-order valence-corrected chi connectivity index (χ4v) is 2.54. The third kappa shape index (κ3) is 4.88. The zero-order chi connectivity index (χ0) is 14.3. The predicted octanol–water partition coefficient (Wildman–Crippen LogP) is 4.42. The molecule has 19 heavy (non-hydrogen) atoms. The van der Waals surface area contributed by atoms with Crippen molar-refractivity contribution in [2.75, 3.05) is 5.73 Å². The van der Waals surface area contributed by atoms with Crippen LogP contribution in [0.1, 0.15) is 83.2 Å². The Morgan fingerprint density at radius 2 is 1.63 bits per heavy atom. The summed E-state index contributed by atoms with van der Waals surface area (Å²) in [6, 6.07) is 0. The van der Waals surface area contributed by atoms with E-state index < -0.39 is 0 Å². The average Bonchev–Trinajstić information content (AvgIpc) is 2.66. The molecule has 0 fully saturated rings. The van der Waals surface area contributed by atoms with E-state index in [1.54, 1.807) is 0 Å². The van der Waals surface area contributed by atoms with E-state index >= 15 is 0 Å². The minimum atomic E-state index is 0.440. The third-order valence-corrected chi connectivity index (χ3v) is 3.78. The van der Waals surface area contributed by atoms with Gasteiger partial charge < -0.3 is 10.3 Å². The molecule has 0 bridgehead atoms. The van der Waals surface area contributed by atoms with Gasteiger partial charge in [-0.15, -0.1) is 0 Å². The summed E-state index contributed by atoms with van der Waals surface area (Å²) < 4.78 is 2.04. The fourth-order valence-electron chi connectivity index (χ4n) is 2.54. The highest BCUT2D eigenvalue weighted by molar-refractivity contribution is 5.38. The smallest absolute Gasteiger partial charge is 0.126 e. The van der Waals surface area contributed by atoms with E-state index in [4.69, 9.17) is 10.7 Å². The molecule has 110 valence electrons. The molecule has 3 nitrogen and oxygen atoms in total. The predicted molar refractivity (Wildman–Crippen MR) is 83.4 cm³/mol. The van der Waals surface area contributed by atoms with Crippen molar-refractivity contribution in [3.8, 4) is 0 Å². The van der Waals surface area contributed by atoms with Crippen molar-refractivity contribution in [1.82, 2.24) is 9.55 Å². The normalized spacial score (nSPS) is 11.4. The van der Waals surface area contributed by atoms with Gasteiger partial charge in [0.15, 0.2) is 0 Å². The van der Waals surface area contributed by atoms with Crippen molar-refractivity contribution in [3.05, 3.63) is 11.5 Å². The van der Waals surface area contributed by atoms with Gasteiger partial charge in [-0.1, -0.05) is 59.3 Å². The quantitative estimate of drug-likeness (QED) is 0.672. The summed E-state index contributed by atoms with van der Waals surface area (Å²) in [4.78, 5) is 4.69. The minimum absolute atomic E-state index is 0.440. The molecule has 0 saturated heterocycles. The Kier molecular flexibility index (Phi) is 6.96. The number of rotatable bonds is 9. The molecule has 0 radical (unpaired) electrons. The summed E-state index contributed by atoms with van der Waals surface area (Å²) in [6.45, 7) is 6.59. The number of hydrogen-bond acceptors (Lipinski definition) is 2. The average molecular weight is 265 g/mol. The molecule has 0 atom stereocenters. The number of aromatic nitrogens is 2. The van der Waals surface area contributed by atoms with Gasteiger partial charge in [0, 0.05) is 13.0 Å². The SMILES string of the molecule is CCCCCCCCCc1nc(C(C)C)n(C)c1N. The first kappa shape index (κ1) is 16.1. The van der Waals surface area contributed by atoms with Gasteiger partial charge in [0.25, 0.3) is 0 Å². The van der Waals surface area contributed by atoms with Crippen LogP contribution in [-0.2, 0) is 13.5 Å². The lowest BCUT2D eigenvalue weighted by Gasteiger charge is -2.04. The number of anilines is 1. The number of aryl methyl sites for hydroxylation is 1. The van der Waals surface area contributed by atoms with Crippen LogP contribution in [0.15, 0.2) is 0 Å². The van der Waals surface area contributed by atoms with Crippen LogP contribution in [0.5, 0.6) is 0 Å². The maximum Gasteiger partial charge on any atom is 0.126 e. The molecule has 1 rings (SSSR count). The first-order valence-corrected chi connectivity index (χ1v) is 7.88. The summed E-state index contributed by atoms with van der Waals surface area (Å²) in [5.41, 5.74) is 7.22. The van der Waals surface area contributed by atoms with Crippen molar-refractivity contribution in [2.45, 2.75) is 78.1 Å². The highest BCUT2D eigenvalue weighted by Gasteiger charge is 2.13. The molecule has 3 heteroatoms. The zero-order valence-corrected chi connectivity index (χ0v) is 13.2. The van der Waals surface area contributed by atoms with Crippen LogP contribution >= 0.6 is 0 Å². The van der Waals surface area contributed by atoms with Gasteiger partial charge >= 0.3 is 0 Å². The molecule has 1 aromatic heterocycles. The van der Waals surface area contributed by atoms with Gasteiger partial charge in [0.1, 0.15) is 11.6 Å². The first-order valence-electron chi connectivity index (χ1n) is 7.88. The first-order chi connectivity index (χ1) is 9.07. The van der Waals surface area contributed by atoms with Crippen molar-refractivity contribution >= 4 is 5.82 Å². The molecule has 0 spiro atoms. The monoisotopic (exact) mass is 265 g/mol. The zero-order valence-electron chi connectivity index (χ0n) is 13.2. The number of hydrogen-bond donors (Lipinski definition) is 1. The Morgan fingerprint density at radius 1 is 1.05 bits per heavy atom. The van der Waals surface area contributed by atoms with E-state index in [0.717, 1.165) is 23.8 Å². The van der Waals surface area contributed by atoms with E-state index in [-0.39, 0.29) is 0 Å². The Hall–Kier alpha value is -0.990. The van der Waals surface area contributed by atoms with Gasteiger partial charge in [-0.05, 0) is 12.8 Å². The molecular formula is C16H31N3. The highest BCUT2D eigenvalue weighted by atomic mass is 15.1. The number of nitrogens with zero attached hydrogens (tertiary/aromatic N) is 2. The van der Waals surface area contributed by atoms with Crippen molar-refractivity contribution in [3.63, 3.8) is 0 Å². The lowest BCUT2D eigenvalue weighted by atomic mass is 10.1. The van der Waals surface area contributed by atoms with Crippen LogP contribution in [0, 0.1) is 0 Å². The maximum absolute atomic E-state index is 6.12. The van der Waals surface area contributed by atoms with Gasteiger partial charge in [-0.2, -0.15) is 0 Å². The highest BCUT2D eigenvalue weighted by Crippen LogP contribution is 2.21. The lowest BCUT2D eigenvalue weighted by Crippen LogP contribution is -2.03. The number of imidazole rings is 1. The maximum atomic E-state index is 6.12. The summed E-state index contributed by atoms with van der Waals surface area (Å²) in [5.74, 6) is 2.40. The molecule has 0 amide bonds. The second kappa shape index (κ2) is 8.23. The standard InChI is InChI=1S/C16H31N3/c1-5-6-7-8-9-10-11-12-14-15(17)19(4)16(18-14)13(2)3/h13H,5-12,17H2,1-4H3. The van der Waals surface area contributed by atoms with Crippen LogP contribution < -0.4 is 5.73 Å². The van der Waals surface area contributed by atoms with E-state index in [0.29, 0.717) is 5.92 Å². The van der Waals surface area contributed by atoms with Gasteiger partial charge in [-0.3, -0.25) is 0 Å². The van der Waals surface area contributed by atoms with Crippen molar-refractivity contribution in [1.29, 1.82) is 0 Å². The summed E-state index contributed by atoms with van der Waals surface area (Å²) in [5, 5.41) is 0. The van der Waals surface area contributed by atoms with Gasteiger partial charge in [0.05, 0.1) is 5.69 Å². The number of nitrogens with two attached hydrogens (primary N) is 1. The Balaban J connectivity index is 2.32. The lowest BCUT2D eigenvalue weighted by molar-refractivity contribution is 0.587. The molecular weight excluding hydrogens is 234 g/mol. The largest absolute Gasteiger partial charge is 0.384 e. The molecule has 0 unspecified atom stereocenters. The number of nitrogen functional groups attached to an aromatic ring is 1. The second-order valence-electron chi connectivity index (χ2n) is 5.89. The topological polar surface area (TPSA) is 43.8 Å². The van der Waals surface area contributed by atoms with E-state index in [2.05, 4.69) is 20.8 Å². The van der Waals surface area contributed by atoms with Crippen LogP contribution in [-0.4, -0.2) is 9.55 Å². The van der Waals surface area contributed by atoms with Gasteiger partial charge in [-0.25, -0.2) is 4.98 Å². The molecule has 0 aliphatic carbocycles. The van der Waals surface area contributed by atoms with E-state index in [9.17, 15) is 0 Å². The van der Waals surface area contributed by atoms with E-state index in [1.807, 2.05) is 11.6 Å². The molecule has 1 aromatic rings. The van der Waals surface area contributed by atoms with Crippen LogP contribution in [0.2, 0.25) is 0 Å².